The molecule has 0 fully saturated rings. The molecule has 1 aromatic heterocycles. The van der Waals surface area contributed by atoms with Gasteiger partial charge in [-0.3, -0.25) is 14.1 Å². The molecule has 7 nitrogen and oxygen atoms in total. The van der Waals surface area contributed by atoms with Crippen LogP contribution in [0.1, 0.15) is 29.8 Å². The van der Waals surface area contributed by atoms with Crippen molar-refractivity contribution in [3.63, 3.8) is 0 Å². The molecule has 0 saturated heterocycles. The van der Waals surface area contributed by atoms with Crippen molar-refractivity contribution in [2.45, 2.75) is 13.8 Å². The maximum atomic E-state index is 12.3. The van der Waals surface area contributed by atoms with Crippen LogP contribution in [0.25, 0.3) is 10.9 Å². The largest absolute Gasteiger partial charge is 0.494 e. The quantitative estimate of drug-likeness (QED) is 0.397. The third kappa shape index (κ3) is 4.51. The van der Waals surface area contributed by atoms with Crippen LogP contribution < -0.4 is 4.72 Å². The summed E-state index contributed by atoms with van der Waals surface area (Å²) in [4.78, 5) is 17.1. The monoisotopic (exact) mass is 461 g/mol. The Bertz CT molecular complexity index is 1460. The number of rotatable bonds is 6. The number of hydrogen-bond acceptors (Lipinski definition) is 5. The molecule has 4 aromatic rings. The minimum absolute atomic E-state index is 0.0233. The molecule has 0 saturated carbocycles. The van der Waals surface area contributed by atoms with Crippen LogP contribution in [-0.2, 0) is 10.0 Å². The van der Waals surface area contributed by atoms with E-state index in [9.17, 15) is 18.3 Å². The normalized spacial score (nSPS) is 12.1. The van der Waals surface area contributed by atoms with Crippen LogP contribution in [0, 0.1) is 0 Å². The molecule has 0 atom stereocenters. The first-order valence-electron chi connectivity index (χ1n) is 10.4. The molecule has 1 heterocycles. The van der Waals surface area contributed by atoms with Gasteiger partial charge in [0.2, 0.25) is 21.8 Å². The van der Waals surface area contributed by atoms with Crippen LogP contribution in [0.4, 0.5) is 11.4 Å². The Morgan fingerprint density at radius 1 is 0.970 bits per heavy atom. The maximum Gasteiger partial charge on any atom is 0.232 e. The van der Waals surface area contributed by atoms with Crippen molar-refractivity contribution in [1.29, 1.82) is 0 Å². The number of hydrogen-bond donors (Lipinski definition) is 2. The van der Waals surface area contributed by atoms with Crippen molar-refractivity contribution in [2.24, 2.45) is 4.99 Å². The number of anilines is 1. The number of carbonyl (C=O) groups excluding carboxylic acids is 1. The summed E-state index contributed by atoms with van der Waals surface area (Å²) in [5.41, 5.74) is 3.29. The third-order valence-electron chi connectivity index (χ3n) is 5.21. The van der Waals surface area contributed by atoms with Gasteiger partial charge in [-0.1, -0.05) is 48.5 Å². The molecule has 8 heteroatoms. The van der Waals surface area contributed by atoms with Crippen molar-refractivity contribution in [3.05, 3.63) is 90.0 Å². The van der Waals surface area contributed by atoms with E-state index in [1.807, 2.05) is 42.5 Å². The van der Waals surface area contributed by atoms with Crippen molar-refractivity contribution in [1.82, 2.24) is 4.57 Å². The molecular weight excluding hydrogens is 438 g/mol. The number of benzene rings is 3. The molecule has 0 aliphatic carbocycles. The Balaban J connectivity index is 1.90. The van der Waals surface area contributed by atoms with E-state index in [1.54, 1.807) is 43.3 Å². The lowest BCUT2D eigenvalue weighted by Gasteiger charge is -2.09. The first-order chi connectivity index (χ1) is 15.8. The first-order valence-corrected chi connectivity index (χ1v) is 12.0. The van der Waals surface area contributed by atoms with Crippen LogP contribution in [0.15, 0.2) is 83.9 Å². The molecule has 0 unspecified atom stereocenters. The predicted octanol–water partition coefficient (Wildman–Crippen LogP) is 4.94. The molecule has 33 heavy (non-hydrogen) atoms. The fourth-order valence-corrected chi connectivity index (χ4v) is 4.26. The minimum atomic E-state index is -3.38. The van der Waals surface area contributed by atoms with Crippen LogP contribution in [0.2, 0.25) is 0 Å². The maximum absolute atomic E-state index is 12.3. The van der Waals surface area contributed by atoms with Crippen LogP contribution in [-0.4, -0.2) is 35.5 Å². The fraction of sp³-hybridized carbons (Fsp3) is 0.120. The second kappa shape index (κ2) is 8.91. The highest BCUT2D eigenvalue weighted by Gasteiger charge is 2.23. The third-order valence-corrected chi connectivity index (χ3v) is 6.52. The van der Waals surface area contributed by atoms with Gasteiger partial charge in [0.05, 0.1) is 28.2 Å². The highest BCUT2D eigenvalue weighted by atomic mass is 32.2. The summed E-state index contributed by atoms with van der Waals surface area (Å²) >= 11 is 0. The Kier molecular flexibility index (Phi) is 6.02. The van der Waals surface area contributed by atoms with Gasteiger partial charge in [0, 0.05) is 23.6 Å². The van der Waals surface area contributed by atoms with Gasteiger partial charge in [-0.2, -0.15) is 0 Å². The first kappa shape index (κ1) is 22.3. The van der Waals surface area contributed by atoms with Gasteiger partial charge in [-0.25, -0.2) is 13.4 Å². The number of aromatic hydroxyl groups is 1. The van der Waals surface area contributed by atoms with E-state index in [2.05, 4.69) is 4.72 Å². The Hall–Kier alpha value is -3.91. The number of aromatic nitrogens is 1. The highest BCUT2D eigenvalue weighted by Crippen LogP contribution is 2.34. The Labute approximate surface area is 192 Å². The standard InChI is InChI=1S/C25H23N3O4S/c1-3-33(31,32)27-20-15-13-19(14-16-20)26-24(18-9-5-4-6-10-18)23-21-11-7-8-12-22(21)28(17(2)29)25(23)30/h4-16,27,30H,3H2,1-2H3. The highest BCUT2D eigenvalue weighted by molar-refractivity contribution is 7.92. The Morgan fingerprint density at radius 3 is 2.24 bits per heavy atom. The lowest BCUT2D eigenvalue weighted by Crippen LogP contribution is -2.14. The molecule has 4 rings (SSSR count). The summed E-state index contributed by atoms with van der Waals surface area (Å²) in [6.45, 7) is 2.96. The van der Waals surface area contributed by atoms with E-state index in [1.165, 1.54) is 11.5 Å². The number of aliphatic imine (C=N–C) groups is 1. The molecule has 0 aliphatic rings. The van der Waals surface area contributed by atoms with Crippen LogP contribution in [0.5, 0.6) is 5.88 Å². The zero-order valence-corrected chi connectivity index (χ0v) is 19.0. The number of nitrogens with zero attached hydrogens (tertiary/aromatic N) is 2. The van der Waals surface area contributed by atoms with Crippen molar-refractivity contribution in [2.75, 3.05) is 10.5 Å². The number of nitrogens with one attached hydrogen (secondary N) is 1. The summed E-state index contributed by atoms with van der Waals surface area (Å²) < 4.78 is 27.4. The van der Waals surface area contributed by atoms with Crippen LogP contribution in [0.3, 0.4) is 0 Å². The molecule has 2 N–H and O–H groups in total. The predicted molar refractivity (Wildman–Crippen MR) is 131 cm³/mol. The van der Waals surface area contributed by atoms with Gasteiger partial charge < -0.3 is 5.11 Å². The molecule has 168 valence electrons. The summed E-state index contributed by atoms with van der Waals surface area (Å²) in [5, 5.41) is 11.8. The second-order valence-electron chi connectivity index (χ2n) is 7.45. The average molecular weight is 462 g/mol. The smallest absolute Gasteiger partial charge is 0.232 e. The van der Waals surface area contributed by atoms with Crippen LogP contribution >= 0.6 is 0 Å². The number of para-hydroxylation sites is 1. The van der Waals surface area contributed by atoms with E-state index in [0.717, 1.165) is 5.56 Å². The van der Waals surface area contributed by atoms with Crippen molar-refractivity contribution >= 4 is 43.9 Å². The molecule has 0 aliphatic heterocycles. The zero-order chi connectivity index (χ0) is 23.6. The van der Waals surface area contributed by atoms with E-state index < -0.39 is 10.0 Å². The topological polar surface area (TPSA) is 101 Å². The lowest BCUT2D eigenvalue weighted by atomic mass is 10.0. The van der Waals surface area contributed by atoms with Gasteiger partial charge in [0.25, 0.3) is 0 Å². The number of carbonyl (C=O) groups is 1. The zero-order valence-electron chi connectivity index (χ0n) is 18.2. The molecular formula is C25H23N3O4S. The molecule has 0 amide bonds. The van der Waals surface area contributed by atoms with Gasteiger partial charge in [-0.05, 0) is 37.3 Å². The minimum Gasteiger partial charge on any atom is -0.494 e. The average Bonchev–Trinajstić information content (AvgIpc) is 3.11. The second-order valence-corrected chi connectivity index (χ2v) is 9.46. The van der Waals surface area contributed by atoms with E-state index in [-0.39, 0.29) is 17.5 Å². The molecule has 0 bridgehead atoms. The summed E-state index contributed by atoms with van der Waals surface area (Å²) in [6.07, 6.45) is 0. The van der Waals surface area contributed by atoms with Crippen molar-refractivity contribution in [3.8, 4) is 5.88 Å². The molecule has 0 spiro atoms. The summed E-state index contributed by atoms with van der Waals surface area (Å²) in [7, 11) is -3.38. The van der Waals surface area contributed by atoms with E-state index >= 15 is 0 Å². The van der Waals surface area contributed by atoms with Gasteiger partial charge >= 0.3 is 0 Å². The van der Waals surface area contributed by atoms with Gasteiger partial charge in [0.1, 0.15) is 0 Å². The number of fused-ring (bicyclic) bond motifs is 1. The Morgan fingerprint density at radius 2 is 1.61 bits per heavy atom. The molecule has 0 radical (unpaired) electrons. The van der Waals surface area contributed by atoms with Gasteiger partial charge in [-0.15, -0.1) is 0 Å². The van der Waals surface area contributed by atoms with E-state index in [0.29, 0.717) is 33.6 Å². The number of sulfonamides is 1. The summed E-state index contributed by atoms with van der Waals surface area (Å²) in [5.74, 6) is -0.515. The fourth-order valence-electron chi connectivity index (χ4n) is 3.62. The SMILES string of the molecule is CCS(=O)(=O)Nc1ccc(N=C(c2ccccc2)c2c(O)n(C(C)=O)c3ccccc23)cc1. The van der Waals surface area contributed by atoms with Crippen molar-refractivity contribution < 1.29 is 18.3 Å². The lowest BCUT2D eigenvalue weighted by molar-refractivity contribution is 0.0933. The molecule has 3 aromatic carbocycles. The summed E-state index contributed by atoms with van der Waals surface area (Å²) in [6, 6.07) is 23.3. The van der Waals surface area contributed by atoms with E-state index in [4.69, 9.17) is 4.99 Å². The van der Waals surface area contributed by atoms with Gasteiger partial charge in [0.15, 0.2) is 0 Å².